The molecular weight excluding hydrogens is 256 g/mol. The van der Waals surface area contributed by atoms with Crippen molar-refractivity contribution in [3.63, 3.8) is 0 Å². The van der Waals surface area contributed by atoms with Crippen LogP contribution in [0.15, 0.2) is 0 Å². The summed E-state index contributed by atoms with van der Waals surface area (Å²) in [6.45, 7) is 3.41. The number of carboxylic acid groups (broad SMARTS) is 1. The van der Waals surface area contributed by atoms with Crippen LogP contribution in [0.5, 0.6) is 0 Å². The Balaban J connectivity index is 1.86. The van der Waals surface area contributed by atoms with Crippen molar-refractivity contribution in [1.82, 2.24) is 9.80 Å². The second-order valence-electron chi connectivity index (χ2n) is 6.70. The van der Waals surface area contributed by atoms with Crippen LogP contribution in [0.25, 0.3) is 0 Å². The monoisotopic (exact) mass is 282 g/mol. The molecule has 1 N–H and O–H groups in total. The van der Waals surface area contributed by atoms with Gasteiger partial charge in [-0.2, -0.15) is 0 Å². The molecule has 0 radical (unpaired) electrons. The van der Waals surface area contributed by atoms with Crippen molar-refractivity contribution in [2.24, 2.45) is 11.3 Å². The Hall–Kier alpha value is -1.26. The molecule has 5 heteroatoms. The number of nitrogens with zero attached hydrogens (tertiary/aromatic N) is 2. The zero-order valence-electron chi connectivity index (χ0n) is 12.6. The summed E-state index contributed by atoms with van der Waals surface area (Å²) in [4.78, 5) is 27.1. The van der Waals surface area contributed by atoms with E-state index in [0.29, 0.717) is 25.4 Å². The molecule has 1 aliphatic carbocycles. The maximum Gasteiger partial charge on any atom is 0.319 e. The van der Waals surface area contributed by atoms with Crippen LogP contribution in [0.4, 0.5) is 4.79 Å². The highest BCUT2D eigenvalue weighted by Gasteiger charge is 2.42. The summed E-state index contributed by atoms with van der Waals surface area (Å²) in [5, 5.41) is 9.22. The first-order valence-electron chi connectivity index (χ1n) is 7.66. The zero-order chi connectivity index (χ0) is 14.8. The van der Waals surface area contributed by atoms with Gasteiger partial charge in [-0.25, -0.2) is 4.79 Å². The van der Waals surface area contributed by atoms with Crippen molar-refractivity contribution in [1.29, 1.82) is 0 Å². The Morgan fingerprint density at radius 1 is 1.30 bits per heavy atom. The van der Waals surface area contributed by atoms with Crippen LogP contribution in [0, 0.1) is 11.3 Å². The average molecular weight is 282 g/mol. The summed E-state index contributed by atoms with van der Waals surface area (Å²) in [6, 6.07) is -0.0134. The van der Waals surface area contributed by atoms with Gasteiger partial charge in [0.25, 0.3) is 0 Å². The predicted molar refractivity (Wildman–Crippen MR) is 76.5 cm³/mol. The summed E-state index contributed by atoms with van der Waals surface area (Å²) in [6.07, 6.45) is 6.83. The summed E-state index contributed by atoms with van der Waals surface area (Å²) in [7, 11) is 1.84. The fourth-order valence-electron chi connectivity index (χ4n) is 3.38. The normalized spacial score (nSPS) is 27.6. The molecule has 0 aromatic rings. The number of hydrogen-bond acceptors (Lipinski definition) is 2. The molecule has 2 aliphatic rings. The van der Waals surface area contributed by atoms with Crippen LogP contribution < -0.4 is 0 Å². The van der Waals surface area contributed by atoms with E-state index in [4.69, 9.17) is 0 Å². The lowest BCUT2D eigenvalue weighted by Crippen LogP contribution is -2.43. The van der Waals surface area contributed by atoms with Crippen LogP contribution in [-0.4, -0.2) is 53.6 Å². The fraction of sp³-hybridized carbons (Fsp3) is 0.867. The first kappa shape index (κ1) is 15.1. The molecule has 1 aliphatic heterocycles. The Kier molecular flexibility index (Phi) is 4.55. The van der Waals surface area contributed by atoms with E-state index in [0.717, 1.165) is 6.54 Å². The molecule has 1 atom stereocenters. The van der Waals surface area contributed by atoms with Crippen LogP contribution in [0.3, 0.4) is 0 Å². The maximum atomic E-state index is 12.4. The molecule has 2 rings (SSSR count). The van der Waals surface area contributed by atoms with Gasteiger partial charge < -0.3 is 14.9 Å². The summed E-state index contributed by atoms with van der Waals surface area (Å²) < 4.78 is 0. The molecule has 1 saturated carbocycles. The van der Waals surface area contributed by atoms with Gasteiger partial charge in [0, 0.05) is 26.7 Å². The largest absolute Gasteiger partial charge is 0.481 e. The van der Waals surface area contributed by atoms with Gasteiger partial charge >= 0.3 is 12.0 Å². The number of carbonyl (C=O) groups excluding carboxylic acids is 1. The van der Waals surface area contributed by atoms with E-state index < -0.39 is 11.4 Å². The van der Waals surface area contributed by atoms with Gasteiger partial charge in [0.1, 0.15) is 0 Å². The number of likely N-dealkylation sites (tertiary alicyclic amines) is 1. The third-order valence-corrected chi connectivity index (χ3v) is 4.84. The molecule has 1 saturated heterocycles. The number of hydrogen-bond donors (Lipinski definition) is 1. The van der Waals surface area contributed by atoms with Crippen LogP contribution in [0.2, 0.25) is 0 Å². The molecule has 5 nitrogen and oxygen atoms in total. The third-order valence-electron chi connectivity index (χ3n) is 4.84. The molecule has 0 aromatic carbocycles. The van der Waals surface area contributed by atoms with Crippen molar-refractivity contribution in [2.75, 3.05) is 26.7 Å². The topological polar surface area (TPSA) is 60.9 Å². The van der Waals surface area contributed by atoms with Gasteiger partial charge in [0.15, 0.2) is 0 Å². The smallest absolute Gasteiger partial charge is 0.319 e. The van der Waals surface area contributed by atoms with Crippen molar-refractivity contribution >= 4 is 12.0 Å². The molecule has 2 fully saturated rings. The quantitative estimate of drug-likeness (QED) is 0.864. The number of amides is 2. The van der Waals surface area contributed by atoms with Crippen LogP contribution in [-0.2, 0) is 4.79 Å². The van der Waals surface area contributed by atoms with Gasteiger partial charge in [-0.05, 0) is 32.1 Å². The standard InChI is InChI=1S/C15H26N2O3/c1-15(13(18)19)8-9-17(11-15)14(20)16(2)10-12-6-4-3-5-7-12/h12H,3-11H2,1-2H3,(H,18,19). The Morgan fingerprint density at radius 3 is 2.50 bits per heavy atom. The average Bonchev–Trinajstić information content (AvgIpc) is 2.83. The van der Waals surface area contributed by atoms with Gasteiger partial charge in [0.2, 0.25) is 0 Å². The van der Waals surface area contributed by atoms with Crippen molar-refractivity contribution in [3.05, 3.63) is 0 Å². The second-order valence-corrected chi connectivity index (χ2v) is 6.70. The van der Waals surface area contributed by atoms with Gasteiger partial charge in [-0.1, -0.05) is 19.3 Å². The molecule has 0 aromatic heterocycles. The molecule has 114 valence electrons. The van der Waals surface area contributed by atoms with E-state index >= 15 is 0 Å². The first-order valence-corrected chi connectivity index (χ1v) is 7.66. The summed E-state index contributed by atoms with van der Waals surface area (Å²) >= 11 is 0. The molecule has 0 bridgehead atoms. The molecular formula is C15H26N2O3. The highest BCUT2D eigenvalue weighted by molar-refractivity contribution is 5.79. The van der Waals surface area contributed by atoms with E-state index in [2.05, 4.69) is 0 Å². The van der Waals surface area contributed by atoms with Crippen molar-refractivity contribution in [2.45, 2.75) is 45.4 Å². The maximum absolute atomic E-state index is 12.4. The number of carboxylic acids is 1. The van der Waals surface area contributed by atoms with Gasteiger partial charge in [-0.3, -0.25) is 4.79 Å². The molecule has 1 unspecified atom stereocenters. The highest BCUT2D eigenvalue weighted by Crippen LogP contribution is 2.31. The Morgan fingerprint density at radius 2 is 1.95 bits per heavy atom. The van der Waals surface area contributed by atoms with E-state index in [1.165, 1.54) is 32.1 Å². The van der Waals surface area contributed by atoms with E-state index in [1.807, 2.05) is 7.05 Å². The lowest BCUT2D eigenvalue weighted by molar-refractivity contribution is -0.147. The van der Waals surface area contributed by atoms with E-state index in [-0.39, 0.29) is 6.03 Å². The molecule has 0 spiro atoms. The van der Waals surface area contributed by atoms with Gasteiger partial charge in [0.05, 0.1) is 5.41 Å². The van der Waals surface area contributed by atoms with E-state index in [1.54, 1.807) is 16.7 Å². The van der Waals surface area contributed by atoms with Crippen molar-refractivity contribution in [3.8, 4) is 0 Å². The zero-order valence-corrected chi connectivity index (χ0v) is 12.6. The second kappa shape index (κ2) is 6.02. The van der Waals surface area contributed by atoms with Crippen LogP contribution in [0.1, 0.15) is 45.4 Å². The number of rotatable bonds is 3. The summed E-state index contributed by atoms with van der Waals surface area (Å²) in [5.41, 5.74) is -0.776. The summed E-state index contributed by atoms with van der Waals surface area (Å²) in [5.74, 6) is -0.186. The minimum absolute atomic E-state index is 0.0134. The number of carbonyl (C=O) groups is 2. The predicted octanol–water partition coefficient (Wildman–Crippen LogP) is 2.42. The lowest BCUT2D eigenvalue weighted by Gasteiger charge is -2.30. The molecule has 20 heavy (non-hydrogen) atoms. The number of aliphatic carboxylic acids is 1. The minimum Gasteiger partial charge on any atom is -0.481 e. The SMILES string of the molecule is CN(CC1CCCCC1)C(=O)N1CCC(C)(C(=O)O)C1. The van der Waals surface area contributed by atoms with E-state index in [9.17, 15) is 14.7 Å². The Labute approximate surface area is 120 Å². The first-order chi connectivity index (χ1) is 9.42. The minimum atomic E-state index is -0.803. The van der Waals surface area contributed by atoms with Crippen LogP contribution >= 0.6 is 0 Å². The molecule has 2 amide bonds. The lowest BCUT2D eigenvalue weighted by atomic mass is 9.89. The number of urea groups is 1. The highest BCUT2D eigenvalue weighted by atomic mass is 16.4. The van der Waals surface area contributed by atoms with Crippen molar-refractivity contribution < 1.29 is 14.7 Å². The van der Waals surface area contributed by atoms with Gasteiger partial charge in [-0.15, -0.1) is 0 Å². The Bertz CT molecular complexity index is 379. The fourth-order valence-corrected chi connectivity index (χ4v) is 3.38. The molecule has 1 heterocycles. The third kappa shape index (κ3) is 3.25.